The van der Waals surface area contributed by atoms with Crippen molar-refractivity contribution in [3.63, 3.8) is 0 Å². The Morgan fingerprint density at radius 1 is 1.22 bits per heavy atom. The van der Waals surface area contributed by atoms with Gasteiger partial charge in [0.2, 0.25) is 0 Å². The number of allylic oxidation sites excluding steroid dienone is 1. The second-order valence-corrected chi connectivity index (χ2v) is 6.49. The molecule has 1 aromatic heterocycles. The zero-order valence-corrected chi connectivity index (χ0v) is 13.9. The number of H-pyrrole nitrogens is 1. The molecule has 0 amide bonds. The van der Waals surface area contributed by atoms with Crippen LogP contribution in [0, 0.1) is 6.92 Å². The van der Waals surface area contributed by atoms with Gasteiger partial charge in [0.25, 0.3) is 0 Å². The highest BCUT2D eigenvalue weighted by atomic mass is 16.3. The molecule has 3 rings (SSSR count). The summed E-state index contributed by atoms with van der Waals surface area (Å²) in [5.41, 5.74) is 5.29. The first-order valence-corrected chi connectivity index (χ1v) is 7.82. The quantitative estimate of drug-likeness (QED) is 0.697. The lowest BCUT2D eigenvalue weighted by atomic mass is 9.87. The number of nitrogens with one attached hydrogen (secondary N) is 1. The zero-order chi connectivity index (χ0) is 16.6. The molecule has 0 aliphatic rings. The number of benzene rings is 2. The van der Waals surface area contributed by atoms with E-state index in [2.05, 4.69) is 40.8 Å². The number of hydrogen-bond donors (Lipinski definition) is 2. The van der Waals surface area contributed by atoms with E-state index in [1.807, 2.05) is 39.0 Å². The molecule has 0 spiro atoms. The molecule has 0 saturated heterocycles. The summed E-state index contributed by atoms with van der Waals surface area (Å²) in [4.78, 5) is 7.72. The number of rotatable bonds is 4. The Balaban J connectivity index is 2.21. The van der Waals surface area contributed by atoms with E-state index in [0.29, 0.717) is 0 Å². The van der Waals surface area contributed by atoms with Crippen LogP contribution >= 0.6 is 0 Å². The van der Waals surface area contributed by atoms with Crippen molar-refractivity contribution in [2.75, 3.05) is 0 Å². The lowest BCUT2D eigenvalue weighted by molar-refractivity contribution is 0.0792. The molecule has 23 heavy (non-hydrogen) atoms. The first-order chi connectivity index (χ1) is 10.9. The Morgan fingerprint density at radius 3 is 2.70 bits per heavy atom. The summed E-state index contributed by atoms with van der Waals surface area (Å²) in [5.74, 6) is 0.903. The fourth-order valence-corrected chi connectivity index (χ4v) is 2.96. The summed E-state index contributed by atoms with van der Waals surface area (Å²) in [6, 6.07) is 12.4. The SMILES string of the molecule is C=CCc1ccc(C(C)(C)O)c(-c2ccc3nc(C)[nH]c3c2)c1. The highest BCUT2D eigenvalue weighted by molar-refractivity contribution is 5.83. The molecule has 3 heteroatoms. The van der Waals surface area contributed by atoms with Gasteiger partial charge in [0.05, 0.1) is 16.6 Å². The van der Waals surface area contributed by atoms with Gasteiger partial charge >= 0.3 is 0 Å². The Morgan fingerprint density at radius 2 is 2.00 bits per heavy atom. The van der Waals surface area contributed by atoms with Crippen LogP contribution in [0.2, 0.25) is 0 Å². The highest BCUT2D eigenvalue weighted by Crippen LogP contribution is 2.34. The van der Waals surface area contributed by atoms with E-state index in [9.17, 15) is 5.11 Å². The van der Waals surface area contributed by atoms with Crippen LogP contribution in [0.5, 0.6) is 0 Å². The van der Waals surface area contributed by atoms with Crippen molar-refractivity contribution >= 4 is 11.0 Å². The Labute approximate surface area is 136 Å². The Kier molecular flexibility index (Phi) is 3.82. The molecule has 2 N–H and O–H groups in total. The molecule has 1 heterocycles. The number of aromatic nitrogens is 2. The van der Waals surface area contributed by atoms with Gasteiger partial charge in [-0.3, -0.25) is 0 Å². The molecule has 0 atom stereocenters. The van der Waals surface area contributed by atoms with E-state index < -0.39 is 5.60 Å². The van der Waals surface area contributed by atoms with Crippen LogP contribution < -0.4 is 0 Å². The van der Waals surface area contributed by atoms with Gasteiger partial charge in [-0.05, 0) is 61.6 Å². The van der Waals surface area contributed by atoms with Crippen LogP contribution in [0.3, 0.4) is 0 Å². The summed E-state index contributed by atoms with van der Waals surface area (Å²) in [5, 5.41) is 10.5. The predicted molar refractivity (Wildman–Crippen MR) is 95.4 cm³/mol. The number of aryl methyl sites for hydroxylation is 1. The van der Waals surface area contributed by atoms with Gasteiger partial charge in [-0.2, -0.15) is 0 Å². The van der Waals surface area contributed by atoms with Gasteiger partial charge < -0.3 is 10.1 Å². The average Bonchev–Trinajstić information content (AvgIpc) is 2.85. The third-order valence-corrected chi connectivity index (χ3v) is 4.03. The van der Waals surface area contributed by atoms with Gasteiger partial charge in [-0.15, -0.1) is 6.58 Å². The van der Waals surface area contributed by atoms with E-state index in [1.165, 1.54) is 5.56 Å². The summed E-state index contributed by atoms with van der Waals surface area (Å²) < 4.78 is 0. The number of nitrogens with zero attached hydrogens (tertiary/aromatic N) is 1. The van der Waals surface area contributed by atoms with E-state index in [1.54, 1.807) is 0 Å². The average molecular weight is 306 g/mol. The summed E-state index contributed by atoms with van der Waals surface area (Å²) in [6.45, 7) is 9.40. The van der Waals surface area contributed by atoms with Crippen molar-refractivity contribution in [2.45, 2.75) is 32.8 Å². The van der Waals surface area contributed by atoms with Gasteiger partial charge in [0.15, 0.2) is 0 Å². The molecular weight excluding hydrogens is 284 g/mol. The maximum absolute atomic E-state index is 10.5. The molecule has 0 bridgehead atoms. The zero-order valence-electron chi connectivity index (χ0n) is 13.9. The molecule has 0 fully saturated rings. The summed E-state index contributed by atoms with van der Waals surface area (Å²) in [7, 11) is 0. The number of hydrogen-bond acceptors (Lipinski definition) is 2. The van der Waals surface area contributed by atoms with Crippen LogP contribution in [0.1, 0.15) is 30.8 Å². The summed E-state index contributed by atoms with van der Waals surface area (Å²) >= 11 is 0. The van der Waals surface area contributed by atoms with Crippen molar-refractivity contribution in [1.82, 2.24) is 9.97 Å². The van der Waals surface area contributed by atoms with Gasteiger partial charge in [-0.1, -0.05) is 30.3 Å². The van der Waals surface area contributed by atoms with Crippen LogP contribution in [-0.2, 0) is 12.0 Å². The number of imidazole rings is 1. The van der Waals surface area contributed by atoms with Gasteiger partial charge in [-0.25, -0.2) is 4.98 Å². The van der Waals surface area contributed by atoms with Crippen molar-refractivity contribution in [1.29, 1.82) is 0 Å². The third kappa shape index (κ3) is 3.06. The normalized spacial score (nSPS) is 11.8. The van der Waals surface area contributed by atoms with Crippen molar-refractivity contribution < 1.29 is 5.11 Å². The predicted octanol–water partition coefficient (Wildman–Crippen LogP) is 4.49. The number of aliphatic hydroxyl groups is 1. The fourth-order valence-electron chi connectivity index (χ4n) is 2.96. The van der Waals surface area contributed by atoms with Crippen LogP contribution in [0.4, 0.5) is 0 Å². The first kappa shape index (κ1) is 15.5. The molecule has 0 aliphatic carbocycles. The molecule has 3 aromatic rings. The molecule has 2 aromatic carbocycles. The number of aromatic amines is 1. The largest absolute Gasteiger partial charge is 0.386 e. The summed E-state index contributed by atoms with van der Waals surface area (Å²) in [6.07, 6.45) is 2.70. The van der Waals surface area contributed by atoms with Crippen molar-refractivity contribution in [2.24, 2.45) is 0 Å². The Hall–Kier alpha value is -2.39. The van der Waals surface area contributed by atoms with E-state index >= 15 is 0 Å². The van der Waals surface area contributed by atoms with Crippen molar-refractivity contribution in [3.05, 3.63) is 66.0 Å². The Bertz CT molecular complexity index is 869. The molecule has 0 saturated carbocycles. The minimum Gasteiger partial charge on any atom is -0.386 e. The molecule has 0 unspecified atom stereocenters. The lowest BCUT2D eigenvalue weighted by Crippen LogP contribution is -2.17. The standard InChI is InChI=1S/C20H22N2O/c1-5-6-14-7-9-17(20(3,4)23)16(11-14)15-8-10-18-19(12-15)22-13(2)21-18/h5,7-12,23H,1,6H2,2-4H3,(H,21,22). The van der Waals surface area contributed by atoms with E-state index in [0.717, 1.165) is 40.0 Å². The molecule has 3 nitrogen and oxygen atoms in total. The molecular formula is C20H22N2O. The first-order valence-electron chi connectivity index (χ1n) is 7.82. The third-order valence-electron chi connectivity index (χ3n) is 4.03. The van der Waals surface area contributed by atoms with Crippen molar-refractivity contribution in [3.8, 4) is 11.1 Å². The fraction of sp³-hybridized carbons (Fsp3) is 0.250. The minimum absolute atomic E-state index is 0.810. The highest BCUT2D eigenvalue weighted by Gasteiger charge is 2.21. The topological polar surface area (TPSA) is 48.9 Å². The monoisotopic (exact) mass is 306 g/mol. The van der Waals surface area contributed by atoms with E-state index in [4.69, 9.17) is 0 Å². The lowest BCUT2D eigenvalue weighted by Gasteiger charge is -2.22. The van der Waals surface area contributed by atoms with Crippen LogP contribution in [0.15, 0.2) is 49.1 Å². The van der Waals surface area contributed by atoms with Crippen LogP contribution in [-0.4, -0.2) is 15.1 Å². The van der Waals surface area contributed by atoms with Gasteiger partial charge in [0.1, 0.15) is 5.82 Å². The smallest absolute Gasteiger partial charge is 0.104 e. The van der Waals surface area contributed by atoms with Crippen LogP contribution in [0.25, 0.3) is 22.2 Å². The number of fused-ring (bicyclic) bond motifs is 1. The van der Waals surface area contributed by atoms with E-state index in [-0.39, 0.29) is 0 Å². The maximum atomic E-state index is 10.5. The molecule has 0 aliphatic heterocycles. The minimum atomic E-state index is -0.902. The maximum Gasteiger partial charge on any atom is 0.104 e. The second kappa shape index (κ2) is 5.67. The van der Waals surface area contributed by atoms with Gasteiger partial charge in [0, 0.05) is 0 Å². The second-order valence-electron chi connectivity index (χ2n) is 6.49. The molecule has 118 valence electrons. The molecule has 0 radical (unpaired) electrons.